The third-order valence-corrected chi connectivity index (χ3v) is 6.48. The first-order valence-corrected chi connectivity index (χ1v) is 9.10. The maximum atomic E-state index is 2.68. The van der Waals surface area contributed by atoms with E-state index in [0.29, 0.717) is 10.8 Å². The summed E-state index contributed by atoms with van der Waals surface area (Å²) in [6.45, 7) is 4.74. The Balaban J connectivity index is 1.95. The van der Waals surface area contributed by atoms with Gasteiger partial charge >= 0.3 is 0 Å². The Morgan fingerprint density at radius 1 is 1.05 bits per heavy atom. The predicted molar refractivity (Wildman–Crippen MR) is 89.7 cm³/mol. The number of hydrogen-bond acceptors (Lipinski definition) is 0. The van der Waals surface area contributed by atoms with Gasteiger partial charge < -0.3 is 0 Å². The quantitative estimate of drug-likeness (QED) is 0.602. The molecule has 0 radical (unpaired) electrons. The molecule has 0 bridgehead atoms. The van der Waals surface area contributed by atoms with Crippen LogP contribution in [0.25, 0.3) is 0 Å². The maximum Gasteiger partial charge on any atom is 0.0205 e. The van der Waals surface area contributed by atoms with Crippen LogP contribution >= 0.6 is 0 Å². The molecule has 0 heterocycles. The van der Waals surface area contributed by atoms with E-state index in [9.17, 15) is 0 Å². The SMILES string of the molecule is CCCC1(CCC)C2=CCCCC3CC23c2ccccc21. The Morgan fingerprint density at radius 2 is 1.76 bits per heavy atom. The van der Waals surface area contributed by atoms with Crippen molar-refractivity contribution >= 4 is 0 Å². The molecule has 0 N–H and O–H groups in total. The highest BCUT2D eigenvalue weighted by molar-refractivity contribution is 5.64. The molecule has 2 unspecified atom stereocenters. The van der Waals surface area contributed by atoms with Crippen molar-refractivity contribution < 1.29 is 0 Å². The molecule has 1 fully saturated rings. The van der Waals surface area contributed by atoms with Crippen LogP contribution in [0, 0.1) is 5.92 Å². The fourth-order valence-corrected chi connectivity index (χ4v) is 5.85. The highest BCUT2D eigenvalue weighted by atomic mass is 14.7. The Kier molecular flexibility index (Phi) is 3.07. The minimum atomic E-state index is 0.374. The second kappa shape index (κ2) is 4.73. The molecule has 1 aromatic carbocycles. The zero-order chi connectivity index (χ0) is 14.5. The molecule has 1 saturated carbocycles. The Labute approximate surface area is 129 Å². The van der Waals surface area contributed by atoms with Crippen LogP contribution in [0.15, 0.2) is 35.9 Å². The molecule has 0 amide bonds. The third-order valence-electron chi connectivity index (χ3n) is 6.48. The zero-order valence-electron chi connectivity index (χ0n) is 13.6. The van der Waals surface area contributed by atoms with Gasteiger partial charge in [0.2, 0.25) is 0 Å². The van der Waals surface area contributed by atoms with Crippen LogP contribution in [0.3, 0.4) is 0 Å². The molecular formula is C21H28. The summed E-state index contributed by atoms with van der Waals surface area (Å²) >= 11 is 0. The standard InChI is InChI=1S/C21H28/c1-3-13-20(14-4-2)17-10-6-7-11-18(17)21-15-16(21)9-5-8-12-19(20)21/h6-7,10-12,16H,3-5,8-9,13-15H2,1-2H3. The number of allylic oxidation sites excluding steroid dienone is 2. The van der Waals surface area contributed by atoms with E-state index >= 15 is 0 Å². The first-order chi connectivity index (χ1) is 10.3. The van der Waals surface area contributed by atoms with Crippen LogP contribution in [0.2, 0.25) is 0 Å². The fraction of sp³-hybridized carbons (Fsp3) is 0.619. The lowest BCUT2D eigenvalue weighted by atomic mass is 9.70. The van der Waals surface area contributed by atoms with Crippen molar-refractivity contribution in [2.75, 3.05) is 0 Å². The van der Waals surface area contributed by atoms with E-state index in [0.717, 1.165) is 5.92 Å². The average Bonchev–Trinajstić information content (AvgIpc) is 3.18. The Hall–Kier alpha value is -1.04. The molecule has 0 nitrogen and oxygen atoms in total. The van der Waals surface area contributed by atoms with Crippen molar-refractivity contribution in [1.29, 1.82) is 0 Å². The molecule has 0 saturated heterocycles. The van der Waals surface area contributed by atoms with Crippen LogP contribution in [0.4, 0.5) is 0 Å². The molecule has 2 atom stereocenters. The Morgan fingerprint density at radius 3 is 2.48 bits per heavy atom. The smallest absolute Gasteiger partial charge is 0.0205 e. The van der Waals surface area contributed by atoms with Crippen molar-refractivity contribution in [2.45, 2.75) is 76.0 Å². The van der Waals surface area contributed by atoms with Crippen molar-refractivity contribution in [3.05, 3.63) is 47.0 Å². The highest BCUT2D eigenvalue weighted by Crippen LogP contribution is 2.72. The van der Waals surface area contributed by atoms with Crippen LogP contribution in [0.1, 0.15) is 76.3 Å². The summed E-state index contributed by atoms with van der Waals surface area (Å²) in [6, 6.07) is 9.47. The molecule has 0 aromatic heterocycles. The van der Waals surface area contributed by atoms with Crippen LogP contribution in [-0.4, -0.2) is 0 Å². The van der Waals surface area contributed by atoms with Gasteiger partial charge in [0.1, 0.15) is 0 Å². The van der Waals surface area contributed by atoms with E-state index in [-0.39, 0.29) is 0 Å². The van der Waals surface area contributed by atoms with Crippen LogP contribution in [0.5, 0.6) is 0 Å². The molecule has 0 heteroatoms. The van der Waals surface area contributed by atoms with Gasteiger partial charge in [-0.2, -0.15) is 0 Å². The van der Waals surface area contributed by atoms with E-state index in [1.807, 2.05) is 5.57 Å². The molecule has 3 aliphatic carbocycles. The monoisotopic (exact) mass is 280 g/mol. The zero-order valence-corrected chi connectivity index (χ0v) is 13.6. The van der Waals surface area contributed by atoms with Gasteiger partial charge in [-0.1, -0.05) is 62.6 Å². The lowest BCUT2D eigenvalue weighted by Crippen LogP contribution is -2.27. The summed E-state index contributed by atoms with van der Waals surface area (Å²) in [4.78, 5) is 0. The van der Waals surface area contributed by atoms with E-state index in [1.54, 1.807) is 11.1 Å². The second-order valence-electron chi connectivity index (χ2n) is 7.55. The Bertz CT molecular complexity index is 573. The summed E-state index contributed by atoms with van der Waals surface area (Å²) in [5.41, 5.74) is 6.10. The van der Waals surface area contributed by atoms with Crippen molar-refractivity contribution in [2.24, 2.45) is 5.92 Å². The molecule has 1 aromatic rings. The van der Waals surface area contributed by atoms with Gasteiger partial charge in [-0.15, -0.1) is 0 Å². The van der Waals surface area contributed by atoms with E-state index in [4.69, 9.17) is 0 Å². The lowest BCUT2D eigenvalue weighted by molar-refractivity contribution is 0.413. The summed E-state index contributed by atoms with van der Waals surface area (Å²) in [5.74, 6) is 0.947. The first-order valence-electron chi connectivity index (χ1n) is 9.10. The summed E-state index contributed by atoms with van der Waals surface area (Å²) in [6.07, 6.45) is 13.6. The normalized spacial score (nSPS) is 31.7. The summed E-state index contributed by atoms with van der Waals surface area (Å²) in [5, 5.41) is 0. The largest absolute Gasteiger partial charge is 0.0835 e. The van der Waals surface area contributed by atoms with Crippen LogP contribution < -0.4 is 0 Å². The van der Waals surface area contributed by atoms with Crippen molar-refractivity contribution in [1.82, 2.24) is 0 Å². The lowest BCUT2D eigenvalue weighted by Gasteiger charge is -2.34. The maximum absolute atomic E-state index is 2.68. The van der Waals surface area contributed by atoms with Gasteiger partial charge in [0.05, 0.1) is 0 Å². The number of hydrogen-bond donors (Lipinski definition) is 0. The van der Waals surface area contributed by atoms with Gasteiger partial charge in [-0.05, 0) is 55.6 Å². The van der Waals surface area contributed by atoms with Crippen molar-refractivity contribution in [3.63, 3.8) is 0 Å². The van der Waals surface area contributed by atoms with Gasteiger partial charge in [-0.3, -0.25) is 0 Å². The van der Waals surface area contributed by atoms with E-state index < -0.39 is 0 Å². The number of rotatable bonds is 4. The van der Waals surface area contributed by atoms with Gasteiger partial charge in [0.25, 0.3) is 0 Å². The third kappa shape index (κ3) is 1.62. The van der Waals surface area contributed by atoms with Gasteiger partial charge in [-0.25, -0.2) is 0 Å². The number of benzene rings is 1. The highest BCUT2D eigenvalue weighted by Gasteiger charge is 2.66. The molecule has 3 aliphatic rings. The molecule has 0 aliphatic heterocycles. The molecule has 112 valence electrons. The summed E-state index contributed by atoms with van der Waals surface area (Å²) in [7, 11) is 0. The summed E-state index contributed by atoms with van der Waals surface area (Å²) < 4.78 is 0. The van der Waals surface area contributed by atoms with Crippen molar-refractivity contribution in [3.8, 4) is 0 Å². The average molecular weight is 280 g/mol. The van der Waals surface area contributed by atoms with E-state index in [1.165, 1.54) is 51.4 Å². The van der Waals surface area contributed by atoms with Crippen LogP contribution in [-0.2, 0) is 10.8 Å². The molecular weight excluding hydrogens is 252 g/mol. The minimum Gasteiger partial charge on any atom is -0.0835 e. The number of fused-ring (bicyclic) bond motifs is 1. The molecule has 4 rings (SSSR count). The molecule has 1 spiro atoms. The van der Waals surface area contributed by atoms with E-state index in [2.05, 4.69) is 44.2 Å². The topological polar surface area (TPSA) is 0 Å². The van der Waals surface area contributed by atoms with Gasteiger partial charge in [0.15, 0.2) is 0 Å². The predicted octanol–water partition coefficient (Wildman–Crippen LogP) is 5.91. The minimum absolute atomic E-state index is 0.374. The fourth-order valence-electron chi connectivity index (χ4n) is 5.85. The first kappa shape index (κ1) is 13.6. The van der Waals surface area contributed by atoms with Gasteiger partial charge in [0, 0.05) is 10.8 Å². The second-order valence-corrected chi connectivity index (χ2v) is 7.55. The molecule has 21 heavy (non-hydrogen) atoms.